The smallest absolute Gasteiger partial charge is 0.320 e. The van der Waals surface area contributed by atoms with Gasteiger partial charge in [0.25, 0.3) is 0 Å². The molecular weight excluding hydrogens is 434 g/mol. The number of esters is 1. The monoisotopic (exact) mass is 461 g/mol. The Morgan fingerprint density at radius 2 is 2.18 bits per heavy atom. The van der Waals surface area contributed by atoms with Gasteiger partial charge in [-0.05, 0) is 43.7 Å². The summed E-state index contributed by atoms with van der Waals surface area (Å²) >= 11 is 0. The third-order valence-electron chi connectivity index (χ3n) is 5.33. The Hall–Kier alpha value is -3.98. The summed E-state index contributed by atoms with van der Waals surface area (Å²) in [5.74, 6) is 0.475. The highest BCUT2D eigenvalue weighted by Crippen LogP contribution is 2.33. The molecule has 1 atom stereocenters. The van der Waals surface area contributed by atoms with E-state index in [9.17, 15) is 9.59 Å². The zero-order chi connectivity index (χ0) is 24.1. The molecule has 0 spiro atoms. The van der Waals surface area contributed by atoms with Gasteiger partial charge in [0.05, 0.1) is 17.7 Å². The van der Waals surface area contributed by atoms with Crippen molar-refractivity contribution in [2.24, 2.45) is 0 Å². The molecule has 1 aliphatic rings. The normalized spacial score (nSPS) is 16.1. The Kier molecular flexibility index (Phi) is 7.03. The molecule has 1 amide bonds. The van der Waals surface area contributed by atoms with Crippen LogP contribution in [0.3, 0.4) is 0 Å². The summed E-state index contributed by atoms with van der Waals surface area (Å²) in [5, 5.41) is 6.85. The second-order valence-corrected chi connectivity index (χ2v) is 8.16. The van der Waals surface area contributed by atoms with Crippen molar-refractivity contribution in [1.29, 1.82) is 0 Å². The maximum absolute atomic E-state index is 12.1. The van der Waals surface area contributed by atoms with Crippen LogP contribution < -0.4 is 15.4 Å². The fourth-order valence-electron chi connectivity index (χ4n) is 3.81. The number of hydrogen-bond donors (Lipinski definition) is 2. The number of carbonyl (C=O) groups is 2. The van der Waals surface area contributed by atoms with Gasteiger partial charge in [-0.1, -0.05) is 18.7 Å². The highest BCUT2D eigenvalue weighted by molar-refractivity contribution is 6.03. The first-order chi connectivity index (χ1) is 16.4. The molecule has 176 valence electrons. The largest absolute Gasteiger partial charge is 0.490 e. The van der Waals surface area contributed by atoms with Crippen LogP contribution in [0.4, 0.5) is 17.2 Å². The van der Waals surface area contributed by atoms with Crippen LogP contribution in [0.5, 0.6) is 5.75 Å². The van der Waals surface area contributed by atoms with Gasteiger partial charge in [0, 0.05) is 30.2 Å². The van der Waals surface area contributed by atoms with Gasteiger partial charge in [0.2, 0.25) is 5.91 Å². The predicted molar refractivity (Wildman–Crippen MR) is 130 cm³/mol. The molecule has 2 N–H and O–H groups in total. The minimum absolute atomic E-state index is 0.152. The van der Waals surface area contributed by atoms with E-state index in [2.05, 4.69) is 27.2 Å². The Morgan fingerprint density at radius 1 is 1.32 bits per heavy atom. The van der Waals surface area contributed by atoms with Gasteiger partial charge in [0.1, 0.15) is 30.6 Å². The van der Waals surface area contributed by atoms with Crippen molar-refractivity contribution in [3.8, 4) is 5.75 Å². The van der Waals surface area contributed by atoms with E-state index in [1.807, 2.05) is 43.0 Å². The minimum Gasteiger partial charge on any atom is -0.490 e. The number of nitrogens with one attached hydrogen (secondary N) is 2. The molecule has 0 bridgehead atoms. The number of anilines is 3. The first-order valence-corrected chi connectivity index (χ1v) is 11.0. The molecule has 0 aliphatic carbocycles. The van der Waals surface area contributed by atoms with Gasteiger partial charge < -0.3 is 20.1 Å². The molecule has 3 aromatic rings. The van der Waals surface area contributed by atoms with E-state index in [1.54, 1.807) is 12.1 Å². The Balaban J connectivity index is 1.59. The summed E-state index contributed by atoms with van der Waals surface area (Å²) in [4.78, 5) is 34.5. The SMILES string of the molecule is C=CC(=O)Nc1cc2c(Nc3cccc(C)c3)ncnc2cc1OCCN1CC(=O)OC(C)C1. The number of aromatic nitrogens is 2. The van der Waals surface area contributed by atoms with E-state index in [0.29, 0.717) is 42.5 Å². The summed E-state index contributed by atoms with van der Waals surface area (Å²) in [7, 11) is 0. The molecule has 1 aromatic heterocycles. The minimum atomic E-state index is -0.359. The van der Waals surface area contributed by atoms with Crippen LogP contribution in [0.2, 0.25) is 0 Å². The summed E-state index contributed by atoms with van der Waals surface area (Å²) in [6.45, 7) is 9.14. The number of hydrogen-bond acceptors (Lipinski definition) is 8. The number of fused-ring (bicyclic) bond motifs is 1. The predicted octanol–water partition coefficient (Wildman–Crippen LogP) is 3.43. The second kappa shape index (κ2) is 10.3. The molecule has 9 nitrogen and oxygen atoms in total. The molecule has 2 heterocycles. The molecule has 9 heteroatoms. The fourth-order valence-corrected chi connectivity index (χ4v) is 3.81. The van der Waals surface area contributed by atoms with E-state index in [-0.39, 0.29) is 24.5 Å². The summed E-state index contributed by atoms with van der Waals surface area (Å²) in [6, 6.07) is 11.5. The van der Waals surface area contributed by atoms with Crippen molar-refractivity contribution in [2.45, 2.75) is 20.0 Å². The lowest BCUT2D eigenvalue weighted by Crippen LogP contribution is -2.45. The number of amides is 1. The van der Waals surface area contributed by atoms with E-state index in [0.717, 1.165) is 16.6 Å². The maximum atomic E-state index is 12.1. The van der Waals surface area contributed by atoms with Gasteiger partial charge in [-0.3, -0.25) is 14.5 Å². The lowest BCUT2D eigenvalue weighted by molar-refractivity contribution is -0.157. The van der Waals surface area contributed by atoms with Crippen LogP contribution in [0.15, 0.2) is 55.4 Å². The molecule has 1 aliphatic heterocycles. The highest BCUT2D eigenvalue weighted by atomic mass is 16.5. The Morgan fingerprint density at radius 3 is 2.94 bits per heavy atom. The van der Waals surface area contributed by atoms with Crippen molar-refractivity contribution in [3.63, 3.8) is 0 Å². The second-order valence-electron chi connectivity index (χ2n) is 8.16. The van der Waals surface area contributed by atoms with Gasteiger partial charge in [0.15, 0.2) is 0 Å². The third kappa shape index (κ3) is 5.68. The fraction of sp³-hybridized carbons (Fsp3) is 0.280. The van der Waals surface area contributed by atoms with Crippen LogP contribution in [-0.2, 0) is 14.3 Å². The van der Waals surface area contributed by atoms with E-state index in [4.69, 9.17) is 9.47 Å². The molecule has 34 heavy (non-hydrogen) atoms. The van der Waals surface area contributed by atoms with Crippen LogP contribution in [0.25, 0.3) is 10.9 Å². The Bertz CT molecular complexity index is 1230. The maximum Gasteiger partial charge on any atom is 0.320 e. The zero-order valence-electron chi connectivity index (χ0n) is 19.2. The molecule has 0 saturated carbocycles. The highest BCUT2D eigenvalue weighted by Gasteiger charge is 2.23. The average molecular weight is 462 g/mol. The Labute approximate surface area is 197 Å². The van der Waals surface area contributed by atoms with Crippen LogP contribution in [0.1, 0.15) is 12.5 Å². The van der Waals surface area contributed by atoms with Crippen LogP contribution in [0, 0.1) is 6.92 Å². The molecule has 0 radical (unpaired) electrons. The number of morpholine rings is 1. The first kappa shape index (κ1) is 23.2. The molecular formula is C25H27N5O4. The molecule has 1 unspecified atom stereocenters. The van der Waals surface area contributed by atoms with Crippen molar-refractivity contribution in [3.05, 3.63) is 60.9 Å². The van der Waals surface area contributed by atoms with E-state index < -0.39 is 0 Å². The molecule has 1 saturated heterocycles. The van der Waals surface area contributed by atoms with Gasteiger partial charge >= 0.3 is 5.97 Å². The molecule has 1 fully saturated rings. The molecule has 2 aromatic carbocycles. The van der Waals surface area contributed by atoms with Gasteiger partial charge in [-0.2, -0.15) is 0 Å². The number of ether oxygens (including phenoxy) is 2. The third-order valence-corrected chi connectivity index (χ3v) is 5.33. The van der Waals surface area contributed by atoms with Crippen molar-refractivity contribution >= 4 is 40.0 Å². The number of benzene rings is 2. The average Bonchev–Trinajstić information content (AvgIpc) is 2.79. The first-order valence-electron chi connectivity index (χ1n) is 11.0. The standard InChI is InChI=1S/C25H27N5O4/c1-4-23(31)29-21-11-19-20(26-15-27-25(19)28-18-7-5-6-16(2)10-18)12-22(21)33-9-8-30-13-17(3)34-24(32)14-30/h4-7,10-12,15,17H,1,8-9,13-14H2,2-3H3,(H,29,31)(H,26,27,28). The van der Waals surface area contributed by atoms with E-state index in [1.165, 1.54) is 12.4 Å². The lowest BCUT2D eigenvalue weighted by Gasteiger charge is -2.30. The van der Waals surface area contributed by atoms with Gasteiger partial charge in [-0.15, -0.1) is 0 Å². The summed E-state index contributed by atoms with van der Waals surface area (Å²) in [6.07, 6.45) is 2.52. The quantitative estimate of drug-likeness (QED) is 0.388. The number of nitrogens with zero attached hydrogens (tertiary/aromatic N) is 3. The number of cyclic esters (lactones) is 1. The number of carbonyl (C=O) groups excluding carboxylic acids is 2. The lowest BCUT2D eigenvalue weighted by atomic mass is 10.1. The summed E-state index contributed by atoms with van der Waals surface area (Å²) in [5.41, 5.74) is 3.15. The number of rotatable bonds is 8. The van der Waals surface area contributed by atoms with E-state index >= 15 is 0 Å². The van der Waals surface area contributed by atoms with Crippen molar-refractivity contribution in [1.82, 2.24) is 14.9 Å². The van der Waals surface area contributed by atoms with Crippen LogP contribution in [-0.4, -0.2) is 59.1 Å². The zero-order valence-corrected chi connectivity index (χ0v) is 19.2. The van der Waals surface area contributed by atoms with Gasteiger partial charge in [-0.25, -0.2) is 9.97 Å². The van der Waals surface area contributed by atoms with Crippen LogP contribution >= 0.6 is 0 Å². The summed E-state index contributed by atoms with van der Waals surface area (Å²) < 4.78 is 11.2. The topological polar surface area (TPSA) is 106 Å². The van der Waals surface area contributed by atoms with Crippen molar-refractivity contribution in [2.75, 3.05) is 36.9 Å². The number of aryl methyl sites for hydroxylation is 1. The van der Waals surface area contributed by atoms with Crippen molar-refractivity contribution < 1.29 is 19.1 Å². The molecule has 4 rings (SSSR count).